The van der Waals surface area contributed by atoms with Crippen LogP contribution in [-0.4, -0.2) is 16.3 Å². The number of aromatic nitrogens is 1. The molecular weight excluding hydrogens is 292 g/mol. The molecule has 1 aromatic heterocycles. The summed E-state index contributed by atoms with van der Waals surface area (Å²) in [5.41, 5.74) is 2.92. The van der Waals surface area contributed by atoms with Gasteiger partial charge in [-0.1, -0.05) is 29.8 Å². The van der Waals surface area contributed by atoms with Crippen LogP contribution in [0.25, 0.3) is 10.9 Å². The van der Waals surface area contributed by atoms with Crippen LogP contribution in [-0.2, 0) is 6.54 Å². The Labute approximate surface area is 134 Å². The maximum absolute atomic E-state index is 11.1. The minimum atomic E-state index is -0.117. The number of fused-ring (bicyclic) bond motifs is 1. The van der Waals surface area contributed by atoms with Crippen molar-refractivity contribution in [3.63, 3.8) is 0 Å². The van der Waals surface area contributed by atoms with Crippen LogP contribution in [0.5, 0.6) is 11.6 Å². The van der Waals surface area contributed by atoms with E-state index in [9.17, 15) is 10.0 Å². The van der Waals surface area contributed by atoms with Gasteiger partial charge in [-0.05, 0) is 42.8 Å². The van der Waals surface area contributed by atoms with Gasteiger partial charge in [0.2, 0.25) is 5.88 Å². The van der Waals surface area contributed by atoms with E-state index in [-0.39, 0.29) is 11.6 Å². The first kappa shape index (κ1) is 15.1. The second-order valence-corrected chi connectivity index (χ2v) is 5.55. The first-order valence-electron chi connectivity index (χ1n) is 7.45. The summed E-state index contributed by atoms with van der Waals surface area (Å²) in [6.45, 7) is 4.72. The monoisotopic (exact) mass is 310 g/mol. The average molecular weight is 310 g/mol. The summed E-state index contributed by atoms with van der Waals surface area (Å²) in [7, 11) is 0. The fourth-order valence-electron chi connectivity index (χ4n) is 2.72. The molecule has 0 amide bonds. The summed E-state index contributed by atoms with van der Waals surface area (Å²) in [5.74, 6) is 0.696. The SMILES string of the molecule is Cc1ccc2c(c1)c(N=O)c(O)n2CCOc1ccccc1C. The van der Waals surface area contributed by atoms with Gasteiger partial charge in [-0.25, -0.2) is 0 Å². The van der Waals surface area contributed by atoms with Crippen molar-refractivity contribution >= 4 is 16.6 Å². The molecule has 0 spiro atoms. The Morgan fingerprint density at radius 3 is 2.70 bits per heavy atom. The van der Waals surface area contributed by atoms with Gasteiger partial charge in [-0.3, -0.25) is 0 Å². The molecule has 2 aromatic carbocycles. The Hall–Kier alpha value is -2.82. The number of aryl methyl sites for hydroxylation is 2. The summed E-state index contributed by atoms with van der Waals surface area (Å²) in [6, 6.07) is 13.4. The Morgan fingerprint density at radius 1 is 1.17 bits per heavy atom. The maximum Gasteiger partial charge on any atom is 0.222 e. The molecule has 3 aromatic rings. The van der Waals surface area contributed by atoms with Crippen LogP contribution in [0.3, 0.4) is 0 Å². The summed E-state index contributed by atoms with van der Waals surface area (Å²) in [6.07, 6.45) is 0. The van der Waals surface area contributed by atoms with Crippen molar-refractivity contribution in [2.24, 2.45) is 5.18 Å². The number of hydrogen-bond acceptors (Lipinski definition) is 4. The van der Waals surface area contributed by atoms with E-state index in [2.05, 4.69) is 5.18 Å². The predicted octanol–water partition coefficient (Wildman–Crippen LogP) is 4.44. The van der Waals surface area contributed by atoms with Crippen molar-refractivity contribution in [2.75, 3.05) is 6.61 Å². The third-order valence-electron chi connectivity index (χ3n) is 3.92. The van der Waals surface area contributed by atoms with Gasteiger partial charge in [0.25, 0.3) is 0 Å². The largest absolute Gasteiger partial charge is 0.493 e. The van der Waals surface area contributed by atoms with Gasteiger partial charge in [0.15, 0.2) is 5.69 Å². The quantitative estimate of drug-likeness (QED) is 0.708. The lowest BCUT2D eigenvalue weighted by Gasteiger charge is -2.11. The standard InChI is InChI=1S/C18H18N2O3/c1-12-7-8-15-14(11-12)17(19-22)18(21)20(15)9-10-23-16-6-4-3-5-13(16)2/h3-8,11,21H,9-10H2,1-2H3. The number of nitrogens with zero attached hydrogens (tertiary/aromatic N) is 2. The number of aromatic hydroxyl groups is 1. The second-order valence-electron chi connectivity index (χ2n) is 5.55. The summed E-state index contributed by atoms with van der Waals surface area (Å²) in [4.78, 5) is 11.1. The van der Waals surface area contributed by atoms with E-state index in [0.29, 0.717) is 18.5 Å². The van der Waals surface area contributed by atoms with Gasteiger partial charge in [-0.2, -0.15) is 0 Å². The predicted molar refractivity (Wildman–Crippen MR) is 90.5 cm³/mol. The summed E-state index contributed by atoms with van der Waals surface area (Å²) >= 11 is 0. The molecule has 1 N–H and O–H groups in total. The van der Waals surface area contributed by atoms with Gasteiger partial charge in [-0.15, -0.1) is 4.91 Å². The molecule has 5 heteroatoms. The molecule has 118 valence electrons. The number of hydrogen-bond donors (Lipinski definition) is 1. The van der Waals surface area contributed by atoms with Gasteiger partial charge in [0.05, 0.1) is 12.1 Å². The molecule has 0 radical (unpaired) electrons. The molecule has 0 saturated carbocycles. The highest BCUT2D eigenvalue weighted by Crippen LogP contribution is 2.38. The summed E-state index contributed by atoms with van der Waals surface area (Å²) < 4.78 is 7.43. The first-order chi connectivity index (χ1) is 11.1. The van der Waals surface area contributed by atoms with Crippen molar-refractivity contribution < 1.29 is 9.84 Å². The lowest BCUT2D eigenvalue weighted by Crippen LogP contribution is -2.08. The maximum atomic E-state index is 11.1. The number of rotatable bonds is 5. The molecule has 0 saturated heterocycles. The van der Waals surface area contributed by atoms with E-state index in [1.807, 2.05) is 56.3 Å². The fourth-order valence-corrected chi connectivity index (χ4v) is 2.72. The van der Waals surface area contributed by atoms with Gasteiger partial charge in [0, 0.05) is 5.39 Å². The van der Waals surface area contributed by atoms with Crippen molar-refractivity contribution in [3.8, 4) is 11.6 Å². The molecule has 1 heterocycles. The van der Waals surface area contributed by atoms with Gasteiger partial charge >= 0.3 is 0 Å². The highest BCUT2D eigenvalue weighted by molar-refractivity contribution is 5.95. The van der Waals surface area contributed by atoms with E-state index in [4.69, 9.17) is 4.74 Å². The van der Waals surface area contributed by atoms with Crippen molar-refractivity contribution in [2.45, 2.75) is 20.4 Å². The van der Waals surface area contributed by atoms with Crippen molar-refractivity contribution in [1.29, 1.82) is 0 Å². The van der Waals surface area contributed by atoms with E-state index >= 15 is 0 Å². The molecule has 0 bridgehead atoms. The lowest BCUT2D eigenvalue weighted by molar-refractivity contribution is 0.289. The molecule has 0 aliphatic heterocycles. The third-order valence-corrected chi connectivity index (χ3v) is 3.92. The molecule has 0 atom stereocenters. The Bertz CT molecular complexity index is 868. The fraction of sp³-hybridized carbons (Fsp3) is 0.222. The minimum Gasteiger partial charge on any atom is -0.493 e. The zero-order chi connectivity index (χ0) is 16.4. The van der Waals surface area contributed by atoms with Crippen LogP contribution in [0.4, 0.5) is 5.69 Å². The normalized spacial score (nSPS) is 10.9. The first-order valence-corrected chi connectivity index (χ1v) is 7.45. The topological polar surface area (TPSA) is 63.8 Å². The van der Waals surface area contributed by atoms with Crippen molar-refractivity contribution in [1.82, 2.24) is 4.57 Å². The van der Waals surface area contributed by atoms with Crippen LogP contribution in [0, 0.1) is 18.8 Å². The lowest BCUT2D eigenvalue weighted by atomic mass is 10.1. The number of benzene rings is 2. The Morgan fingerprint density at radius 2 is 1.96 bits per heavy atom. The van der Waals surface area contributed by atoms with Crippen LogP contribution in [0.2, 0.25) is 0 Å². The molecule has 3 rings (SSSR count). The minimum absolute atomic E-state index is 0.0830. The van der Waals surface area contributed by atoms with Crippen LogP contribution >= 0.6 is 0 Å². The highest BCUT2D eigenvalue weighted by Gasteiger charge is 2.17. The Kier molecular flexibility index (Phi) is 4.02. The molecular formula is C18H18N2O3. The average Bonchev–Trinajstić information content (AvgIpc) is 2.80. The van der Waals surface area contributed by atoms with Crippen molar-refractivity contribution in [3.05, 3.63) is 58.5 Å². The van der Waals surface area contributed by atoms with Gasteiger partial charge < -0.3 is 14.4 Å². The molecule has 5 nitrogen and oxygen atoms in total. The van der Waals surface area contributed by atoms with Crippen LogP contribution < -0.4 is 4.74 Å². The van der Waals surface area contributed by atoms with E-state index in [0.717, 1.165) is 22.4 Å². The van der Waals surface area contributed by atoms with Gasteiger partial charge in [0.1, 0.15) is 12.4 Å². The second kappa shape index (κ2) is 6.12. The molecule has 23 heavy (non-hydrogen) atoms. The third kappa shape index (κ3) is 2.77. The molecule has 0 fully saturated rings. The molecule has 0 aliphatic rings. The number of nitroso groups, excluding NO2 is 1. The van der Waals surface area contributed by atoms with Crippen LogP contribution in [0.1, 0.15) is 11.1 Å². The highest BCUT2D eigenvalue weighted by atomic mass is 16.5. The van der Waals surface area contributed by atoms with E-state index in [1.165, 1.54) is 0 Å². The zero-order valence-electron chi connectivity index (χ0n) is 13.1. The number of para-hydroxylation sites is 1. The number of ether oxygens (including phenoxy) is 1. The zero-order valence-corrected chi connectivity index (χ0v) is 13.1. The molecule has 0 aliphatic carbocycles. The smallest absolute Gasteiger partial charge is 0.222 e. The summed E-state index contributed by atoms with van der Waals surface area (Å²) in [5, 5.41) is 13.9. The van der Waals surface area contributed by atoms with E-state index in [1.54, 1.807) is 4.57 Å². The Balaban J connectivity index is 1.87. The molecule has 0 unspecified atom stereocenters. The van der Waals surface area contributed by atoms with E-state index < -0.39 is 0 Å². The van der Waals surface area contributed by atoms with Crippen LogP contribution in [0.15, 0.2) is 47.6 Å².